The minimum atomic E-state index is -1.31. The van der Waals surface area contributed by atoms with Crippen molar-refractivity contribution in [1.29, 1.82) is 0 Å². The van der Waals surface area contributed by atoms with Crippen molar-refractivity contribution in [3.05, 3.63) is 33.4 Å². The number of aromatic amines is 2. The Morgan fingerprint density at radius 1 is 0.741 bits per heavy atom. The number of rotatable bonds is 17. The van der Waals surface area contributed by atoms with E-state index in [1.54, 1.807) is 27.7 Å². The number of amides is 6. The molecule has 0 spiro atoms. The van der Waals surface area contributed by atoms with E-state index in [1.165, 1.54) is 35.6 Å². The standard InChI is InChI=1S/C33H44N14O11/c1-7-57-21(51)13-35-26(52)18(8-10-46-14-36-22-24(46)42-30(38-16(2)48)44-28(22)54)40-20(50)12-34-27(53)19(41-32(56)58-33(4,5)6)9-11-47-15-37-23-25(47)43-31(39-17(3)49)45-29(23)55/h14-15,18-19H,7-13H2,1-6H3,(H,34,53)(H,35,52)(H,40,50)(H,41,56)(H2,38,42,44,48,54)(H2,39,43,45,49,55)/t18-,19-/m0/s1. The number of nitrogens with zero attached hydrogens (tertiary/aromatic N) is 6. The fourth-order valence-electron chi connectivity index (χ4n) is 5.24. The predicted molar refractivity (Wildman–Crippen MR) is 202 cm³/mol. The molecule has 25 nitrogen and oxygen atoms in total. The number of anilines is 2. The smallest absolute Gasteiger partial charge is 0.408 e. The first-order valence-electron chi connectivity index (χ1n) is 17.8. The van der Waals surface area contributed by atoms with Crippen LogP contribution >= 0.6 is 0 Å². The molecule has 0 unspecified atom stereocenters. The summed E-state index contributed by atoms with van der Waals surface area (Å²) in [6.45, 7) is 7.68. The fourth-order valence-corrected chi connectivity index (χ4v) is 5.24. The van der Waals surface area contributed by atoms with Gasteiger partial charge in [-0.25, -0.2) is 14.8 Å². The molecule has 58 heavy (non-hydrogen) atoms. The highest BCUT2D eigenvalue weighted by atomic mass is 16.6. The van der Waals surface area contributed by atoms with Gasteiger partial charge in [-0.05, 0) is 40.5 Å². The number of esters is 1. The molecular weight excluding hydrogens is 768 g/mol. The number of alkyl carbamates (subject to hydrolysis) is 1. The molecule has 4 rings (SSSR count). The first kappa shape index (κ1) is 43.5. The average Bonchev–Trinajstić information content (AvgIpc) is 3.73. The molecule has 4 heterocycles. The van der Waals surface area contributed by atoms with E-state index < -0.39 is 83.5 Å². The molecular formula is C33H44N14O11. The van der Waals surface area contributed by atoms with Gasteiger partial charge in [-0.1, -0.05) is 0 Å². The number of hydrogen-bond acceptors (Lipinski definition) is 15. The van der Waals surface area contributed by atoms with Crippen LogP contribution in [0.5, 0.6) is 0 Å². The third kappa shape index (κ3) is 12.4. The van der Waals surface area contributed by atoms with Gasteiger partial charge in [0.05, 0.1) is 25.8 Å². The van der Waals surface area contributed by atoms with E-state index in [2.05, 4.69) is 61.8 Å². The molecule has 6 amide bonds. The van der Waals surface area contributed by atoms with Crippen LogP contribution in [0, 0.1) is 0 Å². The van der Waals surface area contributed by atoms with Gasteiger partial charge < -0.3 is 39.9 Å². The molecule has 0 aromatic carbocycles. The Morgan fingerprint density at radius 3 is 1.66 bits per heavy atom. The topological polar surface area (TPSA) is 337 Å². The quantitative estimate of drug-likeness (QED) is 0.0541. The Labute approximate surface area is 327 Å². The molecule has 0 bridgehead atoms. The summed E-state index contributed by atoms with van der Waals surface area (Å²) in [5.41, 5.74) is -2.15. The summed E-state index contributed by atoms with van der Waals surface area (Å²) in [4.78, 5) is 134. The normalized spacial score (nSPS) is 12.2. The van der Waals surface area contributed by atoms with Crippen LogP contribution in [0.25, 0.3) is 22.3 Å². The largest absolute Gasteiger partial charge is 0.465 e. The highest BCUT2D eigenvalue weighted by Crippen LogP contribution is 2.12. The number of imidazole rings is 2. The Morgan fingerprint density at radius 2 is 1.21 bits per heavy atom. The Bertz CT molecular complexity index is 2320. The van der Waals surface area contributed by atoms with Crippen molar-refractivity contribution < 1.29 is 43.0 Å². The van der Waals surface area contributed by atoms with Gasteiger partial charge in [0.1, 0.15) is 24.2 Å². The van der Waals surface area contributed by atoms with Gasteiger partial charge >= 0.3 is 12.1 Å². The summed E-state index contributed by atoms with van der Waals surface area (Å²) in [6, 6.07) is -2.62. The Kier molecular flexibility index (Phi) is 14.3. The number of fused-ring (bicyclic) bond motifs is 2. The fraction of sp³-hybridized carbons (Fsp3) is 0.485. The number of aromatic nitrogens is 8. The van der Waals surface area contributed by atoms with Crippen LogP contribution in [0.4, 0.5) is 16.7 Å². The van der Waals surface area contributed by atoms with Gasteiger partial charge in [0.15, 0.2) is 22.3 Å². The first-order chi connectivity index (χ1) is 27.3. The number of carbonyl (C=O) groups excluding carboxylic acids is 7. The number of hydrogen-bond donors (Lipinski definition) is 8. The number of carbonyl (C=O) groups is 7. The van der Waals surface area contributed by atoms with Gasteiger partial charge in [-0.3, -0.25) is 59.0 Å². The SMILES string of the molecule is CCOC(=O)CNC(=O)[C@H](CCn1cnc2c(=O)[nH]c(NC(C)=O)nc21)NC(=O)CNC(=O)[C@H](CCn1cnc2c(=O)[nH]c(NC(C)=O)nc21)NC(=O)OC(C)(C)C. The van der Waals surface area contributed by atoms with E-state index in [1.807, 2.05) is 0 Å². The van der Waals surface area contributed by atoms with Gasteiger partial charge in [-0.2, -0.15) is 9.97 Å². The average molecular weight is 813 g/mol. The van der Waals surface area contributed by atoms with Crippen LogP contribution in [-0.2, 0) is 51.3 Å². The minimum absolute atomic E-state index is 0.0365. The molecule has 0 aliphatic carbocycles. The molecule has 25 heteroatoms. The number of aryl methyl sites for hydroxylation is 2. The van der Waals surface area contributed by atoms with Crippen molar-refractivity contribution in [3.8, 4) is 0 Å². The second kappa shape index (κ2) is 19.1. The predicted octanol–water partition coefficient (Wildman–Crippen LogP) is -1.88. The van der Waals surface area contributed by atoms with Crippen LogP contribution in [0.3, 0.4) is 0 Å². The van der Waals surface area contributed by atoms with Gasteiger partial charge in [0, 0.05) is 26.9 Å². The molecule has 0 radical (unpaired) electrons. The van der Waals surface area contributed by atoms with Crippen molar-refractivity contribution in [2.45, 2.75) is 85.2 Å². The minimum Gasteiger partial charge on any atom is -0.465 e. The van der Waals surface area contributed by atoms with Gasteiger partial charge in [-0.15, -0.1) is 0 Å². The highest BCUT2D eigenvalue weighted by Gasteiger charge is 2.27. The molecule has 312 valence electrons. The monoisotopic (exact) mass is 812 g/mol. The number of ether oxygens (including phenoxy) is 2. The first-order valence-corrected chi connectivity index (χ1v) is 17.8. The van der Waals surface area contributed by atoms with Gasteiger partial charge in [0.2, 0.25) is 41.4 Å². The van der Waals surface area contributed by atoms with Crippen LogP contribution in [0.1, 0.15) is 54.4 Å². The summed E-state index contributed by atoms with van der Waals surface area (Å²) in [6.07, 6.45) is 1.37. The zero-order valence-electron chi connectivity index (χ0n) is 32.4. The molecule has 0 aliphatic heterocycles. The summed E-state index contributed by atoms with van der Waals surface area (Å²) >= 11 is 0. The lowest BCUT2D eigenvalue weighted by Gasteiger charge is -2.23. The molecule has 4 aromatic heterocycles. The lowest BCUT2D eigenvalue weighted by molar-refractivity contribution is -0.143. The molecule has 0 saturated carbocycles. The Hall–Kier alpha value is -7.21. The van der Waals surface area contributed by atoms with Crippen LogP contribution < -0.4 is 43.0 Å². The van der Waals surface area contributed by atoms with E-state index in [0.717, 1.165) is 0 Å². The zero-order chi connectivity index (χ0) is 42.7. The van der Waals surface area contributed by atoms with E-state index >= 15 is 0 Å². The second-order valence-corrected chi connectivity index (χ2v) is 13.5. The van der Waals surface area contributed by atoms with Crippen molar-refractivity contribution >= 4 is 75.8 Å². The van der Waals surface area contributed by atoms with Crippen molar-refractivity contribution in [1.82, 2.24) is 60.3 Å². The lowest BCUT2D eigenvalue weighted by atomic mass is 10.1. The van der Waals surface area contributed by atoms with Crippen LogP contribution in [-0.4, -0.2) is 118 Å². The Balaban J connectivity index is 1.49. The molecule has 0 aliphatic rings. The molecule has 4 aromatic rings. The van der Waals surface area contributed by atoms with Crippen LogP contribution in [0.15, 0.2) is 22.2 Å². The summed E-state index contributed by atoms with van der Waals surface area (Å²) in [5, 5.41) is 14.5. The third-order valence-corrected chi connectivity index (χ3v) is 7.65. The van der Waals surface area contributed by atoms with E-state index in [4.69, 9.17) is 9.47 Å². The molecule has 0 saturated heterocycles. The molecule has 0 fully saturated rings. The second-order valence-electron chi connectivity index (χ2n) is 13.5. The van der Waals surface area contributed by atoms with Gasteiger partial charge in [0.25, 0.3) is 11.1 Å². The summed E-state index contributed by atoms with van der Waals surface area (Å²) in [5.74, 6) is -4.43. The number of nitrogens with one attached hydrogen (secondary N) is 8. The zero-order valence-corrected chi connectivity index (χ0v) is 32.4. The van der Waals surface area contributed by atoms with E-state index in [-0.39, 0.29) is 66.8 Å². The number of H-pyrrole nitrogens is 2. The van der Waals surface area contributed by atoms with Crippen molar-refractivity contribution in [2.75, 3.05) is 30.3 Å². The van der Waals surface area contributed by atoms with E-state index in [9.17, 15) is 43.2 Å². The van der Waals surface area contributed by atoms with Crippen LogP contribution in [0.2, 0.25) is 0 Å². The molecule has 8 N–H and O–H groups in total. The lowest BCUT2D eigenvalue weighted by Crippen LogP contribution is -2.53. The molecule has 2 atom stereocenters. The van der Waals surface area contributed by atoms with Crippen molar-refractivity contribution in [2.24, 2.45) is 0 Å². The summed E-state index contributed by atoms with van der Waals surface area (Å²) in [7, 11) is 0. The summed E-state index contributed by atoms with van der Waals surface area (Å²) < 4.78 is 13.0. The highest BCUT2D eigenvalue weighted by molar-refractivity contribution is 5.93. The van der Waals surface area contributed by atoms with E-state index in [0.29, 0.717) is 0 Å². The maximum absolute atomic E-state index is 13.5. The van der Waals surface area contributed by atoms with Crippen molar-refractivity contribution in [3.63, 3.8) is 0 Å². The maximum atomic E-state index is 13.5. The third-order valence-electron chi connectivity index (χ3n) is 7.65. The maximum Gasteiger partial charge on any atom is 0.408 e.